The lowest BCUT2D eigenvalue weighted by Crippen LogP contribution is -2.01. The molecule has 0 amide bonds. The molecule has 0 aliphatic carbocycles. The van der Waals surface area contributed by atoms with Gasteiger partial charge in [0.2, 0.25) is 0 Å². The smallest absolute Gasteiger partial charge is 0.152 e. The van der Waals surface area contributed by atoms with Crippen LogP contribution in [-0.2, 0) is 13.0 Å². The third-order valence-electron chi connectivity index (χ3n) is 2.89. The molecule has 0 atom stereocenters. The average Bonchev–Trinajstić information content (AvgIpc) is 2.40. The van der Waals surface area contributed by atoms with Gasteiger partial charge >= 0.3 is 0 Å². The Balaban J connectivity index is 2.04. The van der Waals surface area contributed by atoms with Crippen LogP contribution in [0.5, 0.6) is 0 Å². The lowest BCUT2D eigenvalue weighted by molar-refractivity contribution is 1.10. The molecule has 1 aromatic carbocycles. The van der Waals surface area contributed by atoms with Crippen molar-refractivity contribution in [1.29, 1.82) is 0 Å². The van der Waals surface area contributed by atoms with Crippen molar-refractivity contribution in [3.63, 3.8) is 0 Å². The molecule has 0 bridgehead atoms. The molecule has 0 spiro atoms. The van der Waals surface area contributed by atoms with Gasteiger partial charge in [0.1, 0.15) is 0 Å². The quantitative estimate of drug-likeness (QED) is 0.833. The zero-order chi connectivity index (χ0) is 13.0. The molecule has 1 heterocycles. The van der Waals surface area contributed by atoms with Gasteiger partial charge in [0.15, 0.2) is 5.15 Å². The third-order valence-corrected chi connectivity index (χ3v) is 3.19. The van der Waals surface area contributed by atoms with Crippen molar-refractivity contribution >= 4 is 17.3 Å². The highest BCUT2D eigenvalue weighted by atomic mass is 35.5. The Labute approximate surface area is 113 Å². The number of nitrogens with one attached hydrogen (secondary N) is 1. The Morgan fingerprint density at radius 2 is 1.83 bits per heavy atom. The first-order valence-corrected chi connectivity index (χ1v) is 6.50. The van der Waals surface area contributed by atoms with Gasteiger partial charge in [0, 0.05) is 12.7 Å². The summed E-state index contributed by atoms with van der Waals surface area (Å²) in [5, 5.41) is 3.83. The minimum Gasteiger partial charge on any atom is -0.378 e. The lowest BCUT2D eigenvalue weighted by Gasteiger charge is -2.09. The highest BCUT2D eigenvalue weighted by Gasteiger charge is 2.01. The van der Waals surface area contributed by atoms with Gasteiger partial charge < -0.3 is 5.32 Å². The standard InChI is InChI=1S/C15H17ClN2/c1-3-12-4-6-13(7-5-12)10-17-14-8-11(2)9-18-15(14)16/h4-9,17H,3,10H2,1-2H3. The fourth-order valence-corrected chi connectivity index (χ4v) is 1.94. The maximum Gasteiger partial charge on any atom is 0.152 e. The molecule has 2 nitrogen and oxygen atoms in total. The van der Waals surface area contributed by atoms with Crippen molar-refractivity contribution in [2.75, 3.05) is 5.32 Å². The normalized spacial score (nSPS) is 10.4. The number of hydrogen-bond donors (Lipinski definition) is 1. The second-order valence-corrected chi connectivity index (χ2v) is 4.73. The van der Waals surface area contributed by atoms with Gasteiger partial charge in [-0.1, -0.05) is 42.8 Å². The summed E-state index contributed by atoms with van der Waals surface area (Å²) in [6.07, 6.45) is 2.84. The van der Waals surface area contributed by atoms with Crippen molar-refractivity contribution < 1.29 is 0 Å². The zero-order valence-corrected chi connectivity index (χ0v) is 11.5. The third kappa shape index (κ3) is 3.23. The van der Waals surface area contributed by atoms with E-state index in [1.807, 2.05) is 13.0 Å². The number of pyridine rings is 1. The number of aromatic nitrogens is 1. The van der Waals surface area contributed by atoms with Crippen LogP contribution < -0.4 is 5.32 Å². The summed E-state index contributed by atoms with van der Waals surface area (Å²) < 4.78 is 0. The van der Waals surface area contributed by atoms with Crippen LogP contribution in [0.15, 0.2) is 36.5 Å². The van der Waals surface area contributed by atoms with E-state index in [4.69, 9.17) is 11.6 Å². The maximum absolute atomic E-state index is 6.04. The number of benzene rings is 1. The minimum atomic E-state index is 0.519. The number of halogens is 1. The molecule has 1 N–H and O–H groups in total. The van der Waals surface area contributed by atoms with Crippen molar-refractivity contribution in [2.45, 2.75) is 26.8 Å². The summed E-state index contributed by atoms with van der Waals surface area (Å²) in [5.74, 6) is 0. The molecule has 2 rings (SSSR count). The molecule has 1 aromatic heterocycles. The second kappa shape index (κ2) is 5.87. The summed E-state index contributed by atoms with van der Waals surface area (Å²) in [4.78, 5) is 4.12. The molecule has 0 saturated heterocycles. The Bertz CT molecular complexity index is 521. The number of aryl methyl sites for hydroxylation is 2. The van der Waals surface area contributed by atoms with E-state index in [1.54, 1.807) is 6.20 Å². The molecular formula is C15H17ClN2. The van der Waals surface area contributed by atoms with Crippen LogP contribution in [0, 0.1) is 6.92 Å². The number of anilines is 1. The summed E-state index contributed by atoms with van der Waals surface area (Å²) in [6.45, 7) is 4.92. The van der Waals surface area contributed by atoms with Crippen LogP contribution in [0.3, 0.4) is 0 Å². The lowest BCUT2D eigenvalue weighted by atomic mass is 10.1. The minimum absolute atomic E-state index is 0.519. The Morgan fingerprint density at radius 1 is 1.17 bits per heavy atom. The van der Waals surface area contributed by atoms with Crippen molar-refractivity contribution in [2.24, 2.45) is 0 Å². The van der Waals surface area contributed by atoms with Gasteiger partial charge in [-0.05, 0) is 36.1 Å². The van der Waals surface area contributed by atoms with E-state index in [0.717, 1.165) is 24.2 Å². The Hall–Kier alpha value is -1.54. The predicted octanol–water partition coefficient (Wildman–Crippen LogP) is 4.22. The highest BCUT2D eigenvalue weighted by molar-refractivity contribution is 6.31. The van der Waals surface area contributed by atoms with Crippen LogP contribution in [0.2, 0.25) is 5.15 Å². The molecule has 0 saturated carbocycles. The fraction of sp³-hybridized carbons (Fsp3) is 0.267. The highest BCUT2D eigenvalue weighted by Crippen LogP contribution is 2.20. The van der Waals surface area contributed by atoms with Crippen molar-refractivity contribution in [3.05, 3.63) is 58.4 Å². The maximum atomic E-state index is 6.04. The summed E-state index contributed by atoms with van der Waals surface area (Å²) in [6, 6.07) is 10.6. The molecule has 2 aromatic rings. The van der Waals surface area contributed by atoms with Crippen molar-refractivity contribution in [1.82, 2.24) is 4.98 Å². The average molecular weight is 261 g/mol. The molecule has 18 heavy (non-hydrogen) atoms. The van der Waals surface area contributed by atoms with Gasteiger partial charge in [-0.25, -0.2) is 4.98 Å². The largest absolute Gasteiger partial charge is 0.378 e. The summed E-state index contributed by atoms with van der Waals surface area (Å²) >= 11 is 6.04. The van der Waals surface area contributed by atoms with Crippen LogP contribution >= 0.6 is 11.6 Å². The summed E-state index contributed by atoms with van der Waals surface area (Å²) in [5.41, 5.74) is 4.58. The van der Waals surface area contributed by atoms with Gasteiger partial charge in [-0.15, -0.1) is 0 Å². The van der Waals surface area contributed by atoms with Crippen LogP contribution in [0.1, 0.15) is 23.6 Å². The number of rotatable bonds is 4. The monoisotopic (exact) mass is 260 g/mol. The van der Waals surface area contributed by atoms with E-state index in [0.29, 0.717) is 5.15 Å². The molecule has 0 aliphatic heterocycles. The molecule has 94 valence electrons. The van der Waals surface area contributed by atoms with E-state index in [2.05, 4.69) is 41.5 Å². The molecule has 0 aliphatic rings. The van der Waals surface area contributed by atoms with Crippen molar-refractivity contribution in [3.8, 4) is 0 Å². The van der Waals surface area contributed by atoms with E-state index < -0.39 is 0 Å². The van der Waals surface area contributed by atoms with Gasteiger partial charge in [-0.2, -0.15) is 0 Å². The predicted molar refractivity (Wildman–Crippen MR) is 77.1 cm³/mol. The molecule has 0 unspecified atom stereocenters. The zero-order valence-electron chi connectivity index (χ0n) is 10.7. The van der Waals surface area contributed by atoms with Gasteiger partial charge in [0.25, 0.3) is 0 Å². The molecule has 0 radical (unpaired) electrons. The fourth-order valence-electron chi connectivity index (χ4n) is 1.77. The van der Waals surface area contributed by atoms with E-state index in [1.165, 1.54) is 11.1 Å². The van der Waals surface area contributed by atoms with Crippen LogP contribution in [0.25, 0.3) is 0 Å². The molecular weight excluding hydrogens is 244 g/mol. The van der Waals surface area contributed by atoms with Crippen LogP contribution in [-0.4, -0.2) is 4.98 Å². The second-order valence-electron chi connectivity index (χ2n) is 4.37. The number of nitrogens with zero attached hydrogens (tertiary/aromatic N) is 1. The Morgan fingerprint density at radius 3 is 2.50 bits per heavy atom. The first-order valence-electron chi connectivity index (χ1n) is 6.13. The summed E-state index contributed by atoms with van der Waals surface area (Å²) in [7, 11) is 0. The number of hydrogen-bond acceptors (Lipinski definition) is 2. The topological polar surface area (TPSA) is 24.9 Å². The molecule has 0 fully saturated rings. The van der Waals surface area contributed by atoms with E-state index >= 15 is 0 Å². The SMILES string of the molecule is CCc1ccc(CNc2cc(C)cnc2Cl)cc1. The first-order chi connectivity index (χ1) is 8.69. The van der Waals surface area contributed by atoms with Gasteiger partial charge in [-0.3, -0.25) is 0 Å². The first kappa shape index (κ1) is 12.9. The van der Waals surface area contributed by atoms with E-state index in [-0.39, 0.29) is 0 Å². The van der Waals surface area contributed by atoms with Crippen LogP contribution in [0.4, 0.5) is 5.69 Å². The molecule has 3 heteroatoms. The van der Waals surface area contributed by atoms with Gasteiger partial charge in [0.05, 0.1) is 5.69 Å². The van der Waals surface area contributed by atoms with E-state index in [9.17, 15) is 0 Å². The Kier molecular flexibility index (Phi) is 4.21.